The van der Waals surface area contributed by atoms with Crippen LogP contribution < -0.4 is 0 Å². The Balaban J connectivity index is 2.81. The summed E-state index contributed by atoms with van der Waals surface area (Å²) in [4.78, 5) is 4.18. The van der Waals surface area contributed by atoms with Gasteiger partial charge in [0.2, 0.25) is 0 Å². The van der Waals surface area contributed by atoms with Crippen molar-refractivity contribution in [3.63, 3.8) is 0 Å². The van der Waals surface area contributed by atoms with Crippen LogP contribution >= 0.6 is 15.9 Å². The molecule has 2 nitrogen and oxygen atoms in total. The molecule has 11 heavy (non-hydrogen) atoms. The van der Waals surface area contributed by atoms with Crippen molar-refractivity contribution in [2.75, 3.05) is 7.11 Å². The molecule has 60 valence electrons. The lowest BCUT2D eigenvalue weighted by molar-refractivity contribution is 0.116. The van der Waals surface area contributed by atoms with E-state index in [1.165, 1.54) is 0 Å². The molecule has 0 spiro atoms. The second-order valence-corrected chi connectivity index (χ2v) is 3.19. The Morgan fingerprint density at radius 1 is 1.55 bits per heavy atom. The summed E-state index contributed by atoms with van der Waals surface area (Å²) in [7, 11) is 1.67. The number of hydrogen-bond donors (Lipinski definition) is 0. The first-order valence-corrected chi connectivity index (χ1v) is 4.17. The van der Waals surface area contributed by atoms with E-state index in [0.29, 0.717) is 0 Å². The van der Waals surface area contributed by atoms with E-state index in [1.807, 2.05) is 19.1 Å². The van der Waals surface area contributed by atoms with Gasteiger partial charge in [0.1, 0.15) is 0 Å². The molecule has 1 aromatic rings. The second-order valence-electron chi connectivity index (χ2n) is 2.28. The number of methoxy groups -OCH3 is 1. The summed E-state index contributed by atoms with van der Waals surface area (Å²) < 4.78 is 6.09. The lowest BCUT2D eigenvalue weighted by Crippen LogP contribution is -1.97. The van der Waals surface area contributed by atoms with Gasteiger partial charge in [-0.3, -0.25) is 4.98 Å². The normalized spacial score (nSPS) is 13.0. The Bertz CT molecular complexity index is 222. The molecule has 1 rings (SSSR count). The zero-order valence-electron chi connectivity index (χ0n) is 6.54. The first kappa shape index (κ1) is 8.68. The molecule has 0 saturated carbocycles. The van der Waals surface area contributed by atoms with Gasteiger partial charge in [0, 0.05) is 17.8 Å². The highest BCUT2D eigenvalue weighted by molar-refractivity contribution is 9.10. The molecule has 3 heteroatoms. The van der Waals surface area contributed by atoms with Gasteiger partial charge in [0.15, 0.2) is 0 Å². The van der Waals surface area contributed by atoms with Crippen molar-refractivity contribution < 1.29 is 4.74 Å². The maximum absolute atomic E-state index is 5.10. The highest BCUT2D eigenvalue weighted by Crippen LogP contribution is 2.15. The van der Waals surface area contributed by atoms with Gasteiger partial charge in [0.25, 0.3) is 0 Å². The van der Waals surface area contributed by atoms with E-state index >= 15 is 0 Å². The van der Waals surface area contributed by atoms with E-state index in [9.17, 15) is 0 Å². The third-order valence-electron chi connectivity index (χ3n) is 1.52. The molecule has 0 aliphatic rings. The largest absolute Gasteiger partial charge is 0.375 e. The quantitative estimate of drug-likeness (QED) is 0.757. The van der Waals surface area contributed by atoms with Gasteiger partial charge in [-0.05, 0) is 35.0 Å². The van der Waals surface area contributed by atoms with Crippen molar-refractivity contribution in [2.45, 2.75) is 13.0 Å². The topological polar surface area (TPSA) is 22.1 Å². The monoisotopic (exact) mass is 215 g/mol. The maximum Gasteiger partial charge on any atom is 0.0962 e. The zero-order valence-corrected chi connectivity index (χ0v) is 8.13. The van der Waals surface area contributed by atoms with E-state index < -0.39 is 0 Å². The van der Waals surface area contributed by atoms with Gasteiger partial charge >= 0.3 is 0 Å². The number of ether oxygens (including phenoxy) is 1. The smallest absolute Gasteiger partial charge is 0.0962 e. The molecule has 0 aliphatic carbocycles. The van der Waals surface area contributed by atoms with E-state index in [2.05, 4.69) is 20.9 Å². The molecule has 0 saturated heterocycles. The van der Waals surface area contributed by atoms with Gasteiger partial charge in [-0.15, -0.1) is 0 Å². The van der Waals surface area contributed by atoms with Crippen LogP contribution in [0.15, 0.2) is 22.8 Å². The third-order valence-corrected chi connectivity index (χ3v) is 1.99. The zero-order chi connectivity index (χ0) is 8.27. The van der Waals surface area contributed by atoms with Crippen LogP contribution in [-0.2, 0) is 4.74 Å². The van der Waals surface area contributed by atoms with Crippen molar-refractivity contribution in [3.8, 4) is 0 Å². The van der Waals surface area contributed by atoms with Gasteiger partial charge < -0.3 is 4.74 Å². The van der Waals surface area contributed by atoms with Gasteiger partial charge in [0.05, 0.1) is 11.8 Å². The Kier molecular flexibility index (Phi) is 3.02. The van der Waals surface area contributed by atoms with Gasteiger partial charge in [-0.1, -0.05) is 0 Å². The molecule has 0 bridgehead atoms. The standard InChI is InChI=1S/C8H10BrNO/c1-6(11-2)8-4-3-7(9)5-10-8/h3-6H,1-2H3. The molecular weight excluding hydrogens is 206 g/mol. The Morgan fingerprint density at radius 2 is 2.27 bits per heavy atom. The average Bonchev–Trinajstić information content (AvgIpc) is 2.05. The van der Waals surface area contributed by atoms with Crippen LogP contribution in [0.5, 0.6) is 0 Å². The van der Waals surface area contributed by atoms with Gasteiger partial charge in [-0.25, -0.2) is 0 Å². The number of aromatic nitrogens is 1. The molecule has 0 fully saturated rings. The highest BCUT2D eigenvalue weighted by atomic mass is 79.9. The van der Waals surface area contributed by atoms with E-state index in [4.69, 9.17) is 4.74 Å². The van der Waals surface area contributed by atoms with Crippen LogP contribution in [0.2, 0.25) is 0 Å². The molecule has 1 aromatic heterocycles. The molecule has 0 N–H and O–H groups in total. The summed E-state index contributed by atoms with van der Waals surface area (Å²) in [6.07, 6.45) is 1.84. The van der Waals surface area contributed by atoms with Crippen LogP contribution in [0, 0.1) is 0 Å². The lowest BCUT2D eigenvalue weighted by Gasteiger charge is -2.07. The minimum Gasteiger partial charge on any atom is -0.375 e. The van der Waals surface area contributed by atoms with Crippen molar-refractivity contribution >= 4 is 15.9 Å². The summed E-state index contributed by atoms with van der Waals surface area (Å²) >= 11 is 3.31. The number of nitrogens with zero attached hydrogens (tertiary/aromatic N) is 1. The van der Waals surface area contributed by atoms with Crippen LogP contribution in [0.4, 0.5) is 0 Å². The third kappa shape index (κ3) is 2.27. The number of halogens is 1. The highest BCUT2D eigenvalue weighted by Gasteiger charge is 2.03. The second kappa shape index (κ2) is 3.83. The SMILES string of the molecule is COC(C)c1ccc(Br)cn1. The Hall–Kier alpha value is -0.410. The number of hydrogen-bond acceptors (Lipinski definition) is 2. The van der Waals surface area contributed by atoms with Gasteiger partial charge in [-0.2, -0.15) is 0 Å². The first-order valence-electron chi connectivity index (χ1n) is 3.38. The molecule has 1 heterocycles. The fraction of sp³-hybridized carbons (Fsp3) is 0.375. The summed E-state index contributed by atoms with van der Waals surface area (Å²) in [5.41, 5.74) is 0.954. The molecule has 0 amide bonds. The minimum absolute atomic E-state index is 0.0723. The molecule has 0 aliphatic heterocycles. The lowest BCUT2D eigenvalue weighted by atomic mass is 10.2. The summed E-state index contributed by atoms with van der Waals surface area (Å²) in [6.45, 7) is 1.97. The average molecular weight is 216 g/mol. The molecule has 1 atom stereocenters. The predicted molar refractivity (Wildman–Crippen MR) is 47.4 cm³/mol. The molecule has 0 radical (unpaired) electrons. The summed E-state index contributed by atoms with van der Waals surface area (Å²) in [6, 6.07) is 3.90. The number of pyridine rings is 1. The van der Waals surface area contributed by atoms with Crippen LogP contribution in [0.1, 0.15) is 18.7 Å². The van der Waals surface area contributed by atoms with Crippen molar-refractivity contribution in [1.82, 2.24) is 4.98 Å². The molecular formula is C8H10BrNO. The molecule has 1 unspecified atom stereocenters. The van der Waals surface area contributed by atoms with Crippen molar-refractivity contribution in [1.29, 1.82) is 0 Å². The predicted octanol–water partition coefficient (Wildman–Crippen LogP) is 2.55. The maximum atomic E-state index is 5.10. The van der Waals surface area contributed by atoms with Crippen LogP contribution in [-0.4, -0.2) is 12.1 Å². The van der Waals surface area contributed by atoms with Crippen molar-refractivity contribution in [2.24, 2.45) is 0 Å². The van der Waals surface area contributed by atoms with E-state index in [1.54, 1.807) is 13.3 Å². The Labute approximate surface area is 74.7 Å². The summed E-state index contributed by atoms with van der Waals surface area (Å²) in [5, 5.41) is 0. The minimum atomic E-state index is 0.0723. The Morgan fingerprint density at radius 3 is 2.73 bits per heavy atom. The first-order chi connectivity index (χ1) is 5.24. The van der Waals surface area contributed by atoms with Crippen LogP contribution in [0.3, 0.4) is 0 Å². The summed E-state index contributed by atoms with van der Waals surface area (Å²) in [5.74, 6) is 0. The van der Waals surface area contributed by atoms with Crippen LogP contribution in [0.25, 0.3) is 0 Å². The van der Waals surface area contributed by atoms with E-state index in [0.717, 1.165) is 10.2 Å². The van der Waals surface area contributed by atoms with E-state index in [-0.39, 0.29) is 6.10 Å². The fourth-order valence-corrected chi connectivity index (χ4v) is 0.983. The fourth-order valence-electron chi connectivity index (χ4n) is 0.748. The molecule has 0 aromatic carbocycles. The number of rotatable bonds is 2. The van der Waals surface area contributed by atoms with Crippen molar-refractivity contribution in [3.05, 3.63) is 28.5 Å².